The number of likely N-dealkylation sites (tertiary alicyclic amines) is 1. The highest BCUT2D eigenvalue weighted by Gasteiger charge is 2.20. The van der Waals surface area contributed by atoms with Gasteiger partial charge in [-0.1, -0.05) is 20.3 Å². The van der Waals surface area contributed by atoms with Gasteiger partial charge in [0.2, 0.25) is 0 Å². The molecular weight excluding hydrogens is 224 g/mol. The Labute approximate surface area is 111 Å². The number of rotatable bonds is 6. The Kier molecular flexibility index (Phi) is 5.26. The zero-order valence-corrected chi connectivity index (χ0v) is 11.7. The van der Waals surface area contributed by atoms with E-state index in [4.69, 9.17) is 4.42 Å². The molecule has 18 heavy (non-hydrogen) atoms. The number of hydrogen-bond acceptors (Lipinski definition) is 3. The van der Waals surface area contributed by atoms with Crippen molar-refractivity contribution in [2.24, 2.45) is 5.92 Å². The Balaban J connectivity index is 1.90. The summed E-state index contributed by atoms with van der Waals surface area (Å²) in [6.07, 6.45) is 5.86. The largest absolute Gasteiger partial charge is 0.468 e. The lowest BCUT2D eigenvalue weighted by Crippen LogP contribution is -2.34. The molecule has 2 rings (SSSR count). The summed E-state index contributed by atoms with van der Waals surface area (Å²) in [6.45, 7) is 9.80. The van der Waals surface area contributed by atoms with Gasteiger partial charge in [0.1, 0.15) is 5.76 Å². The predicted octanol–water partition coefficient (Wildman–Crippen LogP) is 3.01. The van der Waals surface area contributed by atoms with Gasteiger partial charge < -0.3 is 9.73 Å². The van der Waals surface area contributed by atoms with Crippen LogP contribution >= 0.6 is 0 Å². The average Bonchev–Trinajstić information content (AvgIpc) is 2.84. The van der Waals surface area contributed by atoms with E-state index in [-0.39, 0.29) is 0 Å². The summed E-state index contributed by atoms with van der Waals surface area (Å²) >= 11 is 0. The van der Waals surface area contributed by atoms with Gasteiger partial charge in [0.25, 0.3) is 0 Å². The van der Waals surface area contributed by atoms with E-state index >= 15 is 0 Å². The van der Waals surface area contributed by atoms with Crippen molar-refractivity contribution in [3.63, 3.8) is 0 Å². The molecule has 0 bridgehead atoms. The van der Waals surface area contributed by atoms with E-state index in [1.165, 1.54) is 37.9 Å². The smallest absolute Gasteiger partial charge is 0.122 e. The summed E-state index contributed by atoms with van der Waals surface area (Å²) in [5, 5.41) is 3.37. The minimum absolute atomic E-state index is 0.880. The first-order valence-electron chi connectivity index (χ1n) is 7.31. The Morgan fingerprint density at radius 1 is 1.44 bits per heavy atom. The van der Waals surface area contributed by atoms with Crippen LogP contribution in [0, 0.1) is 5.92 Å². The minimum Gasteiger partial charge on any atom is -0.468 e. The molecule has 102 valence electrons. The summed E-state index contributed by atoms with van der Waals surface area (Å²) in [4.78, 5) is 2.55. The molecule has 0 amide bonds. The van der Waals surface area contributed by atoms with Crippen molar-refractivity contribution >= 4 is 0 Å². The summed E-state index contributed by atoms with van der Waals surface area (Å²) < 4.78 is 5.65. The van der Waals surface area contributed by atoms with Crippen LogP contribution in [0.2, 0.25) is 0 Å². The van der Waals surface area contributed by atoms with Gasteiger partial charge in [-0.2, -0.15) is 0 Å². The Morgan fingerprint density at radius 2 is 2.33 bits per heavy atom. The number of hydrogen-bond donors (Lipinski definition) is 1. The van der Waals surface area contributed by atoms with Gasteiger partial charge in [-0.05, 0) is 37.9 Å². The molecule has 1 aromatic rings. The second-order valence-electron chi connectivity index (χ2n) is 5.30. The summed E-state index contributed by atoms with van der Waals surface area (Å²) in [7, 11) is 0. The Bertz CT molecular complexity index is 348. The molecule has 1 unspecified atom stereocenters. The molecule has 1 fully saturated rings. The molecule has 3 nitrogen and oxygen atoms in total. The monoisotopic (exact) mass is 250 g/mol. The highest BCUT2D eigenvalue weighted by atomic mass is 16.3. The van der Waals surface area contributed by atoms with Crippen molar-refractivity contribution in [1.29, 1.82) is 0 Å². The lowest BCUT2D eigenvalue weighted by Gasteiger charge is -2.31. The third kappa shape index (κ3) is 3.59. The highest BCUT2D eigenvalue weighted by molar-refractivity contribution is 5.16. The van der Waals surface area contributed by atoms with E-state index in [0.29, 0.717) is 0 Å². The van der Waals surface area contributed by atoms with Crippen LogP contribution in [0.4, 0.5) is 0 Å². The molecule has 2 heterocycles. The normalized spacial score (nSPS) is 21.3. The molecule has 1 saturated heterocycles. The quantitative estimate of drug-likeness (QED) is 0.841. The molecule has 3 heteroatoms. The molecule has 0 spiro atoms. The third-order valence-corrected chi connectivity index (χ3v) is 3.95. The van der Waals surface area contributed by atoms with Gasteiger partial charge in [-0.25, -0.2) is 0 Å². The Morgan fingerprint density at radius 3 is 3.11 bits per heavy atom. The molecular formula is C15H26N2O. The van der Waals surface area contributed by atoms with Crippen LogP contribution in [0.25, 0.3) is 0 Å². The third-order valence-electron chi connectivity index (χ3n) is 3.95. The van der Waals surface area contributed by atoms with Crippen LogP contribution < -0.4 is 5.32 Å². The predicted molar refractivity (Wildman–Crippen MR) is 74.4 cm³/mol. The lowest BCUT2D eigenvalue weighted by molar-refractivity contribution is 0.154. The second kappa shape index (κ2) is 6.95. The molecule has 1 aliphatic rings. The van der Waals surface area contributed by atoms with Crippen LogP contribution in [0.15, 0.2) is 16.7 Å². The van der Waals surface area contributed by atoms with E-state index in [1.807, 2.05) is 6.26 Å². The van der Waals surface area contributed by atoms with Crippen LogP contribution in [-0.4, -0.2) is 24.5 Å². The first kappa shape index (κ1) is 13.6. The number of piperidine rings is 1. The van der Waals surface area contributed by atoms with Gasteiger partial charge in [-0.3, -0.25) is 4.90 Å². The maximum atomic E-state index is 5.65. The summed E-state index contributed by atoms with van der Waals surface area (Å²) in [6, 6.07) is 2.10. The van der Waals surface area contributed by atoms with Gasteiger partial charge in [0.05, 0.1) is 12.8 Å². The molecule has 1 atom stereocenters. The number of nitrogens with zero attached hydrogens (tertiary/aromatic N) is 1. The zero-order valence-electron chi connectivity index (χ0n) is 11.7. The van der Waals surface area contributed by atoms with Crippen molar-refractivity contribution in [1.82, 2.24) is 10.2 Å². The van der Waals surface area contributed by atoms with Crippen molar-refractivity contribution in [3.05, 3.63) is 23.7 Å². The van der Waals surface area contributed by atoms with E-state index in [2.05, 4.69) is 30.1 Å². The number of nitrogens with one attached hydrogen (secondary N) is 1. The van der Waals surface area contributed by atoms with Gasteiger partial charge in [0.15, 0.2) is 0 Å². The molecule has 1 aliphatic heterocycles. The lowest BCUT2D eigenvalue weighted by atomic mass is 9.95. The standard InChI is InChI=1S/C15H26N2O/c1-3-13-6-5-8-17(11-13)12-15-14(7-9-18-15)10-16-4-2/h7,9,13,16H,3-6,8,10-12H2,1-2H3. The number of furan rings is 1. The molecule has 1 aromatic heterocycles. The van der Waals surface area contributed by atoms with Gasteiger partial charge in [0, 0.05) is 18.7 Å². The summed E-state index contributed by atoms with van der Waals surface area (Å²) in [5.41, 5.74) is 1.32. The SMILES string of the molecule is CCNCc1ccoc1CN1CCCC(CC)C1. The maximum absolute atomic E-state index is 5.65. The van der Waals surface area contributed by atoms with Crippen LogP contribution in [-0.2, 0) is 13.1 Å². The highest BCUT2D eigenvalue weighted by Crippen LogP contribution is 2.22. The Hall–Kier alpha value is -0.800. The van der Waals surface area contributed by atoms with Crippen molar-refractivity contribution in [2.45, 2.75) is 46.2 Å². The van der Waals surface area contributed by atoms with Crippen LogP contribution in [0.3, 0.4) is 0 Å². The minimum atomic E-state index is 0.880. The van der Waals surface area contributed by atoms with Gasteiger partial charge >= 0.3 is 0 Å². The first-order chi connectivity index (χ1) is 8.83. The molecule has 1 N–H and O–H groups in total. The fourth-order valence-electron chi connectivity index (χ4n) is 2.75. The van der Waals surface area contributed by atoms with E-state index in [1.54, 1.807) is 0 Å². The summed E-state index contributed by atoms with van der Waals surface area (Å²) in [5.74, 6) is 2.03. The molecule has 0 aliphatic carbocycles. The fourth-order valence-corrected chi connectivity index (χ4v) is 2.75. The topological polar surface area (TPSA) is 28.4 Å². The molecule has 0 aromatic carbocycles. The van der Waals surface area contributed by atoms with E-state index in [0.717, 1.165) is 31.3 Å². The second-order valence-corrected chi connectivity index (χ2v) is 5.30. The molecule has 0 saturated carbocycles. The van der Waals surface area contributed by atoms with Crippen molar-refractivity contribution in [2.75, 3.05) is 19.6 Å². The first-order valence-corrected chi connectivity index (χ1v) is 7.31. The van der Waals surface area contributed by atoms with Crippen LogP contribution in [0.1, 0.15) is 44.4 Å². The van der Waals surface area contributed by atoms with Crippen molar-refractivity contribution in [3.8, 4) is 0 Å². The van der Waals surface area contributed by atoms with Crippen LogP contribution in [0.5, 0.6) is 0 Å². The van der Waals surface area contributed by atoms with E-state index in [9.17, 15) is 0 Å². The molecule has 0 radical (unpaired) electrons. The fraction of sp³-hybridized carbons (Fsp3) is 0.733. The average molecular weight is 250 g/mol. The zero-order chi connectivity index (χ0) is 12.8. The van der Waals surface area contributed by atoms with Crippen molar-refractivity contribution < 1.29 is 4.42 Å². The van der Waals surface area contributed by atoms with E-state index < -0.39 is 0 Å². The van der Waals surface area contributed by atoms with Gasteiger partial charge in [-0.15, -0.1) is 0 Å². The maximum Gasteiger partial charge on any atom is 0.122 e.